The van der Waals surface area contributed by atoms with Crippen molar-refractivity contribution in [1.29, 1.82) is 0 Å². The number of rotatable bonds is 2. The van der Waals surface area contributed by atoms with Gasteiger partial charge in [0.1, 0.15) is 5.82 Å². The van der Waals surface area contributed by atoms with Gasteiger partial charge in [0, 0.05) is 19.4 Å². The van der Waals surface area contributed by atoms with Crippen molar-refractivity contribution < 1.29 is 13.2 Å². The summed E-state index contributed by atoms with van der Waals surface area (Å²) in [6.45, 7) is 0. The van der Waals surface area contributed by atoms with Crippen LogP contribution in [0.2, 0.25) is 0 Å². The van der Waals surface area contributed by atoms with E-state index in [4.69, 9.17) is 5.73 Å². The second kappa shape index (κ2) is 4.83. The molecule has 3 aromatic rings. The maximum absolute atomic E-state index is 13.3. The Morgan fingerprint density at radius 1 is 1.18 bits per heavy atom. The number of aromatic nitrogens is 6. The number of alkyl halides is 3. The molecule has 0 aliphatic heterocycles. The first-order valence-electron chi connectivity index (χ1n) is 6.09. The van der Waals surface area contributed by atoms with Crippen LogP contribution in [0.5, 0.6) is 0 Å². The summed E-state index contributed by atoms with van der Waals surface area (Å²) in [7, 11) is 1.57. The average Bonchev–Trinajstić information content (AvgIpc) is 3.02. The van der Waals surface area contributed by atoms with Crippen LogP contribution in [0.4, 0.5) is 19.0 Å². The molecule has 0 aliphatic rings. The van der Waals surface area contributed by atoms with E-state index < -0.39 is 11.9 Å². The lowest BCUT2D eigenvalue weighted by Gasteiger charge is -2.07. The van der Waals surface area contributed by atoms with Gasteiger partial charge < -0.3 is 10.3 Å². The molecule has 3 aromatic heterocycles. The van der Waals surface area contributed by atoms with Crippen molar-refractivity contribution in [3.8, 4) is 17.2 Å². The predicted molar refractivity (Wildman–Crippen MR) is 70.8 cm³/mol. The second-order valence-electron chi connectivity index (χ2n) is 4.46. The molecule has 2 N–H and O–H groups in total. The Kier molecular flexibility index (Phi) is 3.08. The van der Waals surface area contributed by atoms with E-state index in [-0.39, 0.29) is 23.0 Å². The van der Waals surface area contributed by atoms with Crippen molar-refractivity contribution >= 4 is 5.82 Å². The first-order chi connectivity index (χ1) is 10.4. The number of imidazole rings is 1. The lowest BCUT2D eigenvalue weighted by Crippen LogP contribution is -2.10. The second-order valence-corrected chi connectivity index (χ2v) is 4.46. The van der Waals surface area contributed by atoms with Crippen molar-refractivity contribution in [2.45, 2.75) is 6.18 Å². The van der Waals surface area contributed by atoms with Crippen LogP contribution < -0.4 is 5.73 Å². The Morgan fingerprint density at radius 2 is 1.86 bits per heavy atom. The van der Waals surface area contributed by atoms with Crippen LogP contribution in [0.1, 0.15) is 5.69 Å². The van der Waals surface area contributed by atoms with E-state index in [0.717, 1.165) is 4.68 Å². The first-order valence-corrected chi connectivity index (χ1v) is 6.09. The lowest BCUT2D eigenvalue weighted by molar-refractivity contribution is -0.140. The molecule has 114 valence electrons. The van der Waals surface area contributed by atoms with Gasteiger partial charge in [-0.1, -0.05) is 0 Å². The zero-order chi connectivity index (χ0) is 15.9. The fourth-order valence-electron chi connectivity index (χ4n) is 2.03. The van der Waals surface area contributed by atoms with Crippen LogP contribution in [0, 0.1) is 0 Å². The highest BCUT2D eigenvalue weighted by atomic mass is 19.4. The van der Waals surface area contributed by atoms with Gasteiger partial charge in [-0.3, -0.25) is 0 Å². The van der Waals surface area contributed by atoms with Crippen molar-refractivity contribution in [2.75, 3.05) is 5.73 Å². The van der Waals surface area contributed by atoms with Gasteiger partial charge in [0.2, 0.25) is 0 Å². The average molecular weight is 309 g/mol. The van der Waals surface area contributed by atoms with Gasteiger partial charge in [-0.15, -0.1) is 0 Å². The Morgan fingerprint density at radius 3 is 2.41 bits per heavy atom. The number of hydrogen-bond acceptors (Lipinski definition) is 5. The summed E-state index contributed by atoms with van der Waals surface area (Å²) < 4.78 is 42.1. The summed E-state index contributed by atoms with van der Waals surface area (Å²) in [5.41, 5.74) is 4.71. The van der Waals surface area contributed by atoms with E-state index in [1.165, 1.54) is 35.6 Å². The standard InChI is InChI=1S/C12H10F3N7/c1-21-6-17-5-7(21)8-9(12(13,14)15)20-22(10(8)16)11-18-3-2-4-19-11/h2-6H,16H2,1H3. The summed E-state index contributed by atoms with van der Waals surface area (Å²) in [4.78, 5) is 11.6. The normalized spacial score (nSPS) is 11.8. The molecule has 7 nitrogen and oxygen atoms in total. The lowest BCUT2D eigenvalue weighted by atomic mass is 10.1. The zero-order valence-electron chi connectivity index (χ0n) is 11.3. The van der Waals surface area contributed by atoms with E-state index in [1.54, 1.807) is 7.05 Å². The molecule has 0 saturated carbocycles. The molecule has 0 aromatic carbocycles. The zero-order valence-corrected chi connectivity index (χ0v) is 11.3. The van der Waals surface area contributed by atoms with Gasteiger partial charge in [0.25, 0.3) is 5.95 Å². The number of halogens is 3. The van der Waals surface area contributed by atoms with Gasteiger partial charge in [0.15, 0.2) is 5.69 Å². The van der Waals surface area contributed by atoms with Crippen LogP contribution in [0.25, 0.3) is 17.2 Å². The summed E-state index contributed by atoms with van der Waals surface area (Å²) in [6.07, 6.45) is 0.777. The van der Waals surface area contributed by atoms with E-state index in [0.29, 0.717) is 0 Å². The van der Waals surface area contributed by atoms with Crippen LogP contribution in [-0.2, 0) is 13.2 Å². The Hall–Kier alpha value is -2.91. The molecule has 0 fully saturated rings. The third kappa shape index (κ3) is 2.18. The molecular formula is C12H10F3N7. The molecule has 0 aliphatic carbocycles. The van der Waals surface area contributed by atoms with Crippen LogP contribution in [0.3, 0.4) is 0 Å². The minimum absolute atomic E-state index is 0.0427. The first kappa shape index (κ1) is 14.0. The highest BCUT2D eigenvalue weighted by Crippen LogP contribution is 2.39. The highest BCUT2D eigenvalue weighted by Gasteiger charge is 2.40. The number of aryl methyl sites for hydroxylation is 1. The summed E-state index contributed by atoms with van der Waals surface area (Å²) in [5, 5.41) is 3.55. The molecule has 0 bridgehead atoms. The smallest absolute Gasteiger partial charge is 0.383 e. The maximum Gasteiger partial charge on any atom is 0.435 e. The monoisotopic (exact) mass is 309 g/mol. The minimum atomic E-state index is -4.67. The van der Waals surface area contributed by atoms with Crippen LogP contribution >= 0.6 is 0 Å². The number of nitrogens with zero attached hydrogens (tertiary/aromatic N) is 6. The SMILES string of the molecule is Cn1cncc1-c1c(C(F)(F)F)nn(-c2ncccn2)c1N. The fourth-order valence-corrected chi connectivity index (χ4v) is 2.03. The van der Waals surface area contributed by atoms with E-state index in [9.17, 15) is 13.2 Å². The van der Waals surface area contributed by atoms with Crippen molar-refractivity contribution in [3.63, 3.8) is 0 Å². The maximum atomic E-state index is 13.3. The molecule has 0 amide bonds. The Balaban J connectivity index is 2.29. The van der Waals surface area contributed by atoms with Gasteiger partial charge in [-0.2, -0.15) is 23.0 Å². The van der Waals surface area contributed by atoms with E-state index in [1.807, 2.05) is 0 Å². The molecule has 0 unspecified atom stereocenters. The summed E-state index contributed by atoms with van der Waals surface area (Å²) in [5.74, 6) is -0.249. The Bertz CT molecular complexity index is 804. The van der Waals surface area contributed by atoms with Crippen molar-refractivity contribution in [2.24, 2.45) is 7.05 Å². The van der Waals surface area contributed by atoms with E-state index in [2.05, 4.69) is 20.1 Å². The van der Waals surface area contributed by atoms with Gasteiger partial charge in [-0.05, 0) is 6.07 Å². The minimum Gasteiger partial charge on any atom is -0.383 e. The van der Waals surface area contributed by atoms with Crippen LogP contribution in [-0.4, -0.2) is 29.3 Å². The summed E-state index contributed by atoms with van der Waals surface area (Å²) in [6, 6.07) is 1.54. The largest absolute Gasteiger partial charge is 0.435 e. The molecule has 0 spiro atoms. The van der Waals surface area contributed by atoms with Crippen molar-refractivity contribution in [1.82, 2.24) is 29.3 Å². The number of nitrogens with two attached hydrogens (primary N) is 1. The molecule has 3 heterocycles. The van der Waals surface area contributed by atoms with Crippen LogP contribution in [0.15, 0.2) is 31.0 Å². The molecule has 0 radical (unpaired) electrons. The summed E-state index contributed by atoms with van der Waals surface area (Å²) >= 11 is 0. The van der Waals surface area contributed by atoms with E-state index >= 15 is 0 Å². The van der Waals surface area contributed by atoms with Gasteiger partial charge in [0.05, 0.1) is 23.8 Å². The molecule has 0 atom stereocenters. The van der Waals surface area contributed by atoms with Gasteiger partial charge in [-0.25, -0.2) is 15.0 Å². The predicted octanol–water partition coefficient (Wildman–Crippen LogP) is 1.66. The fraction of sp³-hybridized carbons (Fsp3) is 0.167. The molecular weight excluding hydrogens is 299 g/mol. The number of hydrogen-bond donors (Lipinski definition) is 1. The highest BCUT2D eigenvalue weighted by molar-refractivity contribution is 5.75. The third-order valence-corrected chi connectivity index (χ3v) is 3.00. The quantitative estimate of drug-likeness (QED) is 0.778. The molecule has 10 heteroatoms. The number of anilines is 1. The molecule has 3 rings (SSSR count). The topological polar surface area (TPSA) is 87.4 Å². The molecule has 0 saturated heterocycles. The third-order valence-electron chi connectivity index (χ3n) is 3.00. The molecule has 22 heavy (non-hydrogen) atoms. The van der Waals surface area contributed by atoms with Gasteiger partial charge >= 0.3 is 6.18 Å². The number of nitrogen functional groups attached to an aromatic ring is 1. The Labute approximate surface area is 122 Å². The van der Waals surface area contributed by atoms with Crippen molar-refractivity contribution in [3.05, 3.63) is 36.7 Å².